The van der Waals surface area contributed by atoms with Gasteiger partial charge in [0.05, 0.1) is 4.90 Å². The lowest BCUT2D eigenvalue weighted by atomic mass is 10.1. The number of nitrogens with two attached hydrogens (primary N) is 1. The van der Waals surface area contributed by atoms with Gasteiger partial charge < -0.3 is 15.2 Å². The second-order valence-electron chi connectivity index (χ2n) is 5.44. The monoisotopic (exact) mass is 401 g/mol. The molecule has 0 unspecified atom stereocenters. The normalized spacial score (nSPS) is 11.4. The van der Waals surface area contributed by atoms with Crippen LogP contribution >= 0.6 is 0 Å². The third-order valence-corrected chi connectivity index (χ3v) is 4.29. The Labute approximate surface area is 160 Å². The molecule has 0 atom stereocenters. The van der Waals surface area contributed by atoms with Crippen molar-refractivity contribution in [3.05, 3.63) is 59.7 Å². The summed E-state index contributed by atoms with van der Waals surface area (Å²) in [7, 11) is -3.84. The molecule has 4 N–H and O–H groups in total. The third kappa shape index (κ3) is 5.94. The molecule has 0 saturated heterocycles. The zero-order valence-electron chi connectivity index (χ0n) is 14.3. The number of nitrogens with one attached hydrogen (secondary N) is 1. The molecule has 9 nitrogen and oxygen atoms in total. The summed E-state index contributed by atoms with van der Waals surface area (Å²) in [6.45, 7) is -0.481. The number of anilines is 1. The second-order valence-corrected chi connectivity index (χ2v) is 7.01. The molecule has 28 heavy (non-hydrogen) atoms. The molecule has 2 aromatic rings. The van der Waals surface area contributed by atoms with Gasteiger partial charge in [-0.2, -0.15) is 5.26 Å². The molecule has 0 aliphatic heterocycles. The molecule has 0 radical (unpaired) electrons. The summed E-state index contributed by atoms with van der Waals surface area (Å²) in [5.74, 6) is -1.46. The Morgan fingerprint density at radius 3 is 2.25 bits per heavy atom. The molecule has 144 valence electrons. The molecule has 0 aromatic heterocycles. The van der Waals surface area contributed by atoms with Crippen LogP contribution < -0.4 is 15.2 Å². The SMILES string of the molecule is N#CC(=Cc1ccc(OCC(=O)O)cc1)C(=O)Nc1ccc(S(N)(=O)=O)cc1. The molecule has 0 fully saturated rings. The number of carbonyl (C=O) groups excluding carboxylic acids is 1. The van der Waals surface area contributed by atoms with Crippen molar-refractivity contribution >= 4 is 33.7 Å². The fraction of sp³-hybridized carbons (Fsp3) is 0.0556. The van der Waals surface area contributed by atoms with E-state index in [1.165, 1.54) is 42.5 Å². The maximum atomic E-state index is 12.2. The highest BCUT2D eigenvalue weighted by atomic mass is 32.2. The number of aliphatic carboxylic acids is 1. The first-order chi connectivity index (χ1) is 13.2. The first kappa shape index (κ1) is 20.6. The first-order valence-electron chi connectivity index (χ1n) is 7.70. The number of primary sulfonamides is 1. The number of rotatable bonds is 7. The Morgan fingerprint density at radius 2 is 1.75 bits per heavy atom. The van der Waals surface area contributed by atoms with Gasteiger partial charge in [-0.1, -0.05) is 12.1 Å². The molecule has 0 bridgehead atoms. The molecule has 0 spiro atoms. The second kappa shape index (κ2) is 8.81. The zero-order chi connectivity index (χ0) is 20.7. The van der Waals surface area contributed by atoms with Gasteiger partial charge in [0, 0.05) is 5.69 Å². The maximum Gasteiger partial charge on any atom is 0.341 e. The van der Waals surface area contributed by atoms with Gasteiger partial charge in [0.1, 0.15) is 17.4 Å². The van der Waals surface area contributed by atoms with E-state index in [0.717, 1.165) is 0 Å². The molecule has 1 amide bonds. The van der Waals surface area contributed by atoms with Crippen LogP contribution in [0.25, 0.3) is 6.08 Å². The van der Waals surface area contributed by atoms with Crippen molar-refractivity contribution in [3.63, 3.8) is 0 Å². The lowest BCUT2D eigenvalue weighted by molar-refractivity contribution is -0.139. The number of hydrogen-bond donors (Lipinski definition) is 3. The summed E-state index contributed by atoms with van der Waals surface area (Å²) >= 11 is 0. The van der Waals surface area contributed by atoms with E-state index in [-0.39, 0.29) is 16.2 Å². The summed E-state index contributed by atoms with van der Waals surface area (Å²) in [6, 6.07) is 13.1. The van der Waals surface area contributed by atoms with Crippen molar-refractivity contribution in [2.75, 3.05) is 11.9 Å². The van der Waals surface area contributed by atoms with Crippen molar-refractivity contribution < 1.29 is 27.9 Å². The molecule has 0 saturated carbocycles. The van der Waals surface area contributed by atoms with Gasteiger partial charge in [0.25, 0.3) is 5.91 Å². The lowest BCUT2D eigenvalue weighted by Gasteiger charge is -2.06. The molecule has 0 heterocycles. The number of hydrogen-bond acceptors (Lipinski definition) is 6. The number of nitriles is 1. The largest absolute Gasteiger partial charge is 0.482 e. The van der Waals surface area contributed by atoms with Gasteiger partial charge >= 0.3 is 5.97 Å². The van der Waals surface area contributed by atoms with Crippen molar-refractivity contribution in [1.82, 2.24) is 0 Å². The van der Waals surface area contributed by atoms with Crippen molar-refractivity contribution in [1.29, 1.82) is 5.26 Å². The van der Waals surface area contributed by atoms with E-state index in [1.807, 2.05) is 0 Å². The van der Waals surface area contributed by atoms with Crippen LogP contribution in [0.3, 0.4) is 0 Å². The number of carbonyl (C=O) groups is 2. The van der Waals surface area contributed by atoms with Gasteiger partial charge in [0.15, 0.2) is 6.61 Å². The van der Waals surface area contributed by atoms with Crippen LogP contribution in [0.4, 0.5) is 5.69 Å². The maximum absolute atomic E-state index is 12.2. The standard InChI is InChI=1S/C18H15N3O6S/c19-10-13(9-12-1-5-15(6-2-12)27-11-17(22)23)18(24)21-14-3-7-16(8-4-14)28(20,25)26/h1-9H,11H2,(H,21,24)(H,22,23)(H2,20,25,26). The number of amides is 1. The Balaban J connectivity index is 2.10. The number of carboxylic acids is 1. The minimum atomic E-state index is -3.84. The zero-order valence-corrected chi connectivity index (χ0v) is 15.1. The smallest absolute Gasteiger partial charge is 0.341 e. The fourth-order valence-corrected chi connectivity index (χ4v) is 2.56. The van der Waals surface area contributed by atoms with Crippen LogP contribution in [-0.4, -0.2) is 32.0 Å². The number of ether oxygens (including phenoxy) is 1. The van der Waals surface area contributed by atoms with E-state index in [9.17, 15) is 23.3 Å². The van der Waals surface area contributed by atoms with E-state index in [4.69, 9.17) is 15.0 Å². The Hall–Kier alpha value is -3.68. The Bertz CT molecular complexity index is 1050. The fourth-order valence-electron chi connectivity index (χ4n) is 2.05. The van der Waals surface area contributed by atoms with Gasteiger partial charge in [-0.25, -0.2) is 18.4 Å². The van der Waals surface area contributed by atoms with Crippen LogP contribution in [0.1, 0.15) is 5.56 Å². The summed E-state index contributed by atoms with van der Waals surface area (Å²) in [5.41, 5.74) is 0.629. The van der Waals surface area contributed by atoms with E-state index in [2.05, 4.69) is 5.32 Å². The van der Waals surface area contributed by atoms with Crippen LogP contribution in [0.2, 0.25) is 0 Å². The highest BCUT2D eigenvalue weighted by Gasteiger charge is 2.11. The Morgan fingerprint density at radius 1 is 1.14 bits per heavy atom. The number of sulfonamides is 1. The van der Waals surface area contributed by atoms with Gasteiger partial charge in [-0.3, -0.25) is 4.79 Å². The van der Waals surface area contributed by atoms with Gasteiger partial charge in [-0.05, 0) is 48.0 Å². The first-order valence-corrected chi connectivity index (χ1v) is 9.24. The quantitative estimate of drug-likeness (QED) is 0.466. The van der Waals surface area contributed by atoms with Crippen molar-refractivity contribution in [3.8, 4) is 11.8 Å². The van der Waals surface area contributed by atoms with Crippen molar-refractivity contribution in [2.24, 2.45) is 5.14 Å². The highest BCUT2D eigenvalue weighted by Crippen LogP contribution is 2.17. The average molecular weight is 401 g/mol. The van der Waals surface area contributed by atoms with E-state index in [0.29, 0.717) is 11.3 Å². The van der Waals surface area contributed by atoms with E-state index in [1.54, 1.807) is 18.2 Å². The summed E-state index contributed by atoms with van der Waals surface area (Å²) in [5, 5.41) is 25.3. The van der Waals surface area contributed by atoms with Crippen molar-refractivity contribution in [2.45, 2.75) is 4.90 Å². The number of carboxylic acid groups (broad SMARTS) is 1. The summed E-state index contributed by atoms with van der Waals surface area (Å²) in [6.07, 6.45) is 1.34. The molecule has 10 heteroatoms. The highest BCUT2D eigenvalue weighted by molar-refractivity contribution is 7.89. The average Bonchev–Trinajstić information content (AvgIpc) is 2.65. The molecular weight excluding hydrogens is 386 g/mol. The van der Waals surface area contributed by atoms with Gasteiger partial charge in [-0.15, -0.1) is 0 Å². The van der Waals surface area contributed by atoms with Crippen LogP contribution in [-0.2, 0) is 19.6 Å². The summed E-state index contributed by atoms with van der Waals surface area (Å²) < 4.78 is 27.4. The molecule has 2 aromatic carbocycles. The minimum Gasteiger partial charge on any atom is -0.482 e. The van der Waals surface area contributed by atoms with Crippen LogP contribution in [0.5, 0.6) is 5.75 Å². The molecular formula is C18H15N3O6S. The van der Waals surface area contributed by atoms with E-state index < -0.39 is 28.5 Å². The molecule has 2 rings (SSSR count). The predicted molar refractivity (Wildman–Crippen MR) is 99.6 cm³/mol. The third-order valence-electron chi connectivity index (χ3n) is 3.36. The Kier molecular flexibility index (Phi) is 6.49. The number of nitrogens with zero attached hydrogens (tertiary/aromatic N) is 1. The van der Waals surface area contributed by atoms with Crippen LogP contribution in [0.15, 0.2) is 59.0 Å². The predicted octanol–water partition coefficient (Wildman–Crippen LogP) is 1.34. The van der Waals surface area contributed by atoms with Gasteiger partial charge in [0.2, 0.25) is 10.0 Å². The minimum absolute atomic E-state index is 0.105. The topological polar surface area (TPSA) is 160 Å². The molecule has 0 aliphatic rings. The molecule has 0 aliphatic carbocycles. The van der Waals surface area contributed by atoms with Crippen LogP contribution in [0, 0.1) is 11.3 Å². The van der Waals surface area contributed by atoms with E-state index >= 15 is 0 Å². The summed E-state index contributed by atoms with van der Waals surface area (Å²) in [4.78, 5) is 22.6. The number of benzene rings is 2. The lowest BCUT2D eigenvalue weighted by Crippen LogP contribution is -2.14.